The standard InChI is InChI=1S/C22H19N3O2/c1-2-25(14-20-23-19-13-6-5-11-18(19)21(26)24-20)22(27)17-12-7-9-15-8-3-4-10-16(15)17/h3-13H,2,14H2,1H3,(H,23,24,26). The van der Waals surface area contributed by atoms with Crippen molar-refractivity contribution in [2.45, 2.75) is 13.5 Å². The van der Waals surface area contributed by atoms with Gasteiger partial charge in [-0.3, -0.25) is 9.59 Å². The van der Waals surface area contributed by atoms with E-state index in [2.05, 4.69) is 9.97 Å². The van der Waals surface area contributed by atoms with Gasteiger partial charge in [0.25, 0.3) is 11.5 Å². The number of H-pyrrole nitrogens is 1. The fourth-order valence-electron chi connectivity index (χ4n) is 3.30. The van der Waals surface area contributed by atoms with Crippen molar-refractivity contribution in [2.75, 3.05) is 6.54 Å². The lowest BCUT2D eigenvalue weighted by molar-refractivity contribution is 0.0750. The van der Waals surface area contributed by atoms with Crippen molar-refractivity contribution in [1.82, 2.24) is 14.9 Å². The van der Waals surface area contributed by atoms with Gasteiger partial charge in [-0.15, -0.1) is 0 Å². The Hall–Kier alpha value is -3.47. The molecule has 0 saturated carbocycles. The molecule has 0 spiro atoms. The van der Waals surface area contributed by atoms with E-state index in [0.717, 1.165) is 10.8 Å². The molecule has 1 aromatic heterocycles. The normalized spacial score (nSPS) is 11.0. The van der Waals surface area contributed by atoms with Crippen LogP contribution in [0.1, 0.15) is 23.1 Å². The highest BCUT2D eigenvalue weighted by Crippen LogP contribution is 2.20. The Labute approximate surface area is 156 Å². The second-order valence-corrected chi connectivity index (χ2v) is 6.38. The smallest absolute Gasteiger partial charge is 0.258 e. The second kappa shape index (κ2) is 7.03. The number of aromatic nitrogens is 2. The van der Waals surface area contributed by atoms with Gasteiger partial charge in [0.2, 0.25) is 0 Å². The van der Waals surface area contributed by atoms with E-state index in [0.29, 0.717) is 28.8 Å². The van der Waals surface area contributed by atoms with Crippen LogP contribution in [0.5, 0.6) is 0 Å². The van der Waals surface area contributed by atoms with Gasteiger partial charge in [0.05, 0.1) is 17.4 Å². The van der Waals surface area contributed by atoms with Crippen molar-refractivity contribution in [1.29, 1.82) is 0 Å². The Morgan fingerprint density at radius 1 is 0.963 bits per heavy atom. The fraction of sp³-hybridized carbons (Fsp3) is 0.136. The Bertz CT molecular complexity index is 1190. The summed E-state index contributed by atoms with van der Waals surface area (Å²) >= 11 is 0. The van der Waals surface area contributed by atoms with Crippen molar-refractivity contribution in [3.63, 3.8) is 0 Å². The molecule has 3 aromatic carbocycles. The first kappa shape index (κ1) is 17.0. The summed E-state index contributed by atoms with van der Waals surface area (Å²) in [5, 5.41) is 2.49. The van der Waals surface area contributed by atoms with Crippen LogP contribution in [0.2, 0.25) is 0 Å². The third kappa shape index (κ3) is 3.19. The maximum atomic E-state index is 13.1. The maximum Gasteiger partial charge on any atom is 0.258 e. The summed E-state index contributed by atoms with van der Waals surface area (Å²) in [5.41, 5.74) is 1.09. The number of benzene rings is 3. The molecule has 4 rings (SSSR count). The van der Waals surface area contributed by atoms with Crippen LogP contribution in [-0.4, -0.2) is 27.3 Å². The third-order valence-corrected chi connectivity index (χ3v) is 4.69. The molecule has 134 valence electrons. The number of rotatable bonds is 4. The largest absolute Gasteiger partial charge is 0.331 e. The molecule has 0 aliphatic carbocycles. The molecule has 0 aliphatic rings. The number of para-hydroxylation sites is 1. The molecule has 0 aliphatic heterocycles. The Morgan fingerprint density at radius 2 is 1.67 bits per heavy atom. The average Bonchev–Trinajstić information content (AvgIpc) is 2.71. The highest BCUT2D eigenvalue weighted by atomic mass is 16.2. The number of amides is 1. The van der Waals surface area contributed by atoms with Crippen LogP contribution in [0.3, 0.4) is 0 Å². The SMILES string of the molecule is CCN(Cc1nc2ccccc2c(=O)[nH]1)C(=O)c1cccc2ccccc12. The minimum Gasteiger partial charge on any atom is -0.331 e. The van der Waals surface area contributed by atoms with Gasteiger partial charge < -0.3 is 9.88 Å². The van der Waals surface area contributed by atoms with Crippen molar-refractivity contribution in [2.24, 2.45) is 0 Å². The summed E-state index contributed by atoms with van der Waals surface area (Å²) in [5.74, 6) is 0.402. The van der Waals surface area contributed by atoms with E-state index in [-0.39, 0.29) is 18.0 Å². The topological polar surface area (TPSA) is 66.1 Å². The maximum absolute atomic E-state index is 13.1. The lowest BCUT2D eigenvalue weighted by Crippen LogP contribution is -2.32. The molecule has 1 N–H and O–H groups in total. The summed E-state index contributed by atoms with van der Waals surface area (Å²) in [6.07, 6.45) is 0. The molecule has 0 bridgehead atoms. The summed E-state index contributed by atoms with van der Waals surface area (Å²) in [6, 6.07) is 20.7. The zero-order valence-electron chi connectivity index (χ0n) is 15.0. The van der Waals surface area contributed by atoms with Crippen LogP contribution in [-0.2, 0) is 6.54 Å². The first-order chi connectivity index (χ1) is 13.2. The quantitative estimate of drug-likeness (QED) is 0.605. The minimum atomic E-state index is -0.190. The zero-order chi connectivity index (χ0) is 18.8. The fourth-order valence-corrected chi connectivity index (χ4v) is 3.30. The molecule has 5 heteroatoms. The van der Waals surface area contributed by atoms with E-state index >= 15 is 0 Å². The molecule has 0 unspecified atom stereocenters. The predicted molar refractivity (Wildman–Crippen MR) is 107 cm³/mol. The highest BCUT2D eigenvalue weighted by Gasteiger charge is 2.18. The van der Waals surface area contributed by atoms with Crippen LogP contribution in [0.25, 0.3) is 21.7 Å². The number of nitrogens with zero attached hydrogens (tertiary/aromatic N) is 2. The number of fused-ring (bicyclic) bond motifs is 2. The molecule has 4 aromatic rings. The summed E-state index contributed by atoms with van der Waals surface area (Å²) < 4.78 is 0. The molecule has 0 saturated heterocycles. The Balaban J connectivity index is 1.70. The van der Waals surface area contributed by atoms with Crippen LogP contribution < -0.4 is 5.56 Å². The third-order valence-electron chi connectivity index (χ3n) is 4.69. The van der Waals surface area contributed by atoms with E-state index in [4.69, 9.17) is 0 Å². The second-order valence-electron chi connectivity index (χ2n) is 6.38. The van der Waals surface area contributed by atoms with Crippen molar-refractivity contribution in [3.8, 4) is 0 Å². The molecule has 0 fully saturated rings. The predicted octanol–water partition coefficient (Wildman–Crippen LogP) is 3.74. The lowest BCUT2D eigenvalue weighted by Gasteiger charge is -2.21. The van der Waals surface area contributed by atoms with Gasteiger partial charge in [-0.1, -0.05) is 48.5 Å². The molecule has 1 heterocycles. The van der Waals surface area contributed by atoms with E-state index in [1.165, 1.54) is 0 Å². The van der Waals surface area contributed by atoms with Gasteiger partial charge in [0, 0.05) is 12.1 Å². The van der Waals surface area contributed by atoms with E-state index in [9.17, 15) is 9.59 Å². The van der Waals surface area contributed by atoms with E-state index in [1.54, 1.807) is 23.1 Å². The zero-order valence-corrected chi connectivity index (χ0v) is 15.0. The molecule has 1 amide bonds. The molecule has 0 radical (unpaired) electrons. The minimum absolute atomic E-state index is 0.0786. The van der Waals surface area contributed by atoms with Gasteiger partial charge in [0.15, 0.2) is 0 Å². The first-order valence-electron chi connectivity index (χ1n) is 8.92. The molecular weight excluding hydrogens is 338 g/mol. The number of carbonyl (C=O) groups is 1. The van der Waals surface area contributed by atoms with Crippen LogP contribution >= 0.6 is 0 Å². The Kier molecular flexibility index (Phi) is 4.42. The number of hydrogen-bond donors (Lipinski definition) is 1. The van der Waals surface area contributed by atoms with Gasteiger partial charge in [-0.25, -0.2) is 4.98 Å². The van der Waals surface area contributed by atoms with Crippen molar-refractivity contribution < 1.29 is 4.79 Å². The Morgan fingerprint density at radius 3 is 2.48 bits per heavy atom. The summed E-state index contributed by atoms with van der Waals surface area (Å²) in [4.78, 5) is 34.4. The first-order valence-corrected chi connectivity index (χ1v) is 8.92. The van der Waals surface area contributed by atoms with Gasteiger partial charge in [-0.05, 0) is 35.9 Å². The highest BCUT2D eigenvalue weighted by molar-refractivity contribution is 6.07. The van der Waals surface area contributed by atoms with Crippen LogP contribution in [0, 0.1) is 0 Å². The van der Waals surface area contributed by atoms with Gasteiger partial charge in [-0.2, -0.15) is 0 Å². The van der Waals surface area contributed by atoms with Gasteiger partial charge in [0.1, 0.15) is 5.82 Å². The monoisotopic (exact) mass is 357 g/mol. The molecule has 5 nitrogen and oxygen atoms in total. The van der Waals surface area contributed by atoms with Crippen molar-refractivity contribution >= 4 is 27.6 Å². The lowest BCUT2D eigenvalue weighted by atomic mass is 10.0. The van der Waals surface area contributed by atoms with E-state index in [1.807, 2.05) is 55.5 Å². The molecular formula is C22H19N3O2. The molecule has 0 atom stereocenters. The number of carbonyl (C=O) groups excluding carboxylic acids is 1. The summed E-state index contributed by atoms with van der Waals surface area (Å²) in [6.45, 7) is 2.68. The van der Waals surface area contributed by atoms with Crippen LogP contribution in [0.4, 0.5) is 0 Å². The number of aromatic amines is 1. The number of nitrogens with one attached hydrogen (secondary N) is 1. The summed E-state index contributed by atoms with van der Waals surface area (Å²) in [7, 11) is 0. The number of hydrogen-bond acceptors (Lipinski definition) is 3. The van der Waals surface area contributed by atoms with Crippen LogP contribution in [0.15, 0.2) is 71.5 Å². The average molecular weight is 357 g/mol. The van der Waals surface area contributed by atoms with Gasteiger partial charge >= 0.3 is 0 Å². The molecule has 27 heavy (non-hydrogen) atoms. The van der Waals surface area contributed by atoms with Crippen molar-refractivity contribution in [3.05, 3.63) is 88.5 Å². The van der Waals surface area contributed by atoms with E-state index < -0.39 is 0 Å².